The Morgan fingerprint density at radius 2 is 2.29 bits per heavy atom. The zero-order chi connectivity index (χ0) is 4.83. The van der Waals surface area contributed by atoms with Crippen LogP contribution < -0.4 is 5.32 Å². The van der Waals surface area contributed by atoms with Gasteiger partial charge in [-0.2, -0.15) is 6.41 Å². The van der Waals surface area contributed by atoms with Crippen LogP contribution >= 0.6 is 0 Å². The van der Waals surface area contributed by atoms with Gasteiger partial charge >= 0.3 is 0 Å². The number of rotatable bonds is 3. The monoisotopic (exact) mass is 355 g/mol. The first-order valence-corrected chi connectivity index (χ1v) is 1.62. The summed E-state index contributed by atoms with van der Waals surface area (Å²) in [7, 11) is 0. The molecule has 0 aliphatic rings. The molecule has 0 aromatic carbocycles. The summed E-state index contributed by atoms with van der Waals surface area (Å²) in [6, 6.07) is 0. The van der Waals surface area contributed by atoms with Gasteiger partial charge in [0, 0.05) is 6.54 Å². The van der Waals surface area contributed by atoms with Gasteiger partial charge in [-0.05, 0) is 0 Å². The number of nitrogens with one attached hydrogen (secondary N) is 1. The molecule has 0 aromatic rings. The number of amides is 1. The summed E-state index contributed by atoms with van der Waals surface area (Å²) in [6.45, 7) is 0.277. The van der Waals surface area contributed by atoms with Crippen LogP contribution in [-0.2, 0) is 4.79 Å². The van der Waals surface area contributed by atoms with Crippen LogP contribution in [0.5, 0.6) is 0 Å². The quantitative estimate of drug-likeness (QED) is 0.373. The molecule has 3 nitrogen and oxygen atoms in total. The van der Waals surface area contributed by atoms with E-state index in [1.807, 2.05) is 0 Å². The Morgan fingerprint density at radius 3 is 2.43 bits per heavy atom. The van der Waals surface area contributed by atoms with Crippen molar-refractivity contribution in [1.82, 2.24) is 5.32 Å². The van der Waals surface area contributed by atoms with Gasteiger partial charge in [0.15, 0.2) is 0 Å². The molecule has 0 aliphatic carbocycles. The Bertz CT molecular complexity index is 41.9. The van der Waals surface area contributed by atoms with E-state index in [2.05, 4.69) is 5.32 Å². The molecule has 0 atom stereocenters. The minimum absolute atomic E-state index is 0. The van der Waals surface area contributed by atoms with Crippen LogP contribution in [-0.4, -0.2) is 24.7 Å². The van der Waals surface area contributed by atoms with Crippen LogP contribution in [0.25, 0.3) is 0 Å². The van der Waals surface area contributed by atoms with Crippen molar-refractivity contribution in [3.8, 4) is 0 Å². The van der Waals surface area contributed by atoms with Crippen molar-refractivity contribution in [1.29, 1.82) is 0 Å². The summed E-state index contributed by atoms with van der Waals surface area (Å²) < 4.78 is 0. The van der Waals surface area contributed by atoms with Gasteiger partial charge < -0.3 is 15.2 Å². The first-order valence-electron chi connectivity index (χ1n) is 1.62. The maximum Gasteiger partial charge on any atom is 0.0579 e. The fourth-order valence-corrected chi connectivity index (χ4v) is 0.107. The molecule has 0 aromatic heterocycles. The van der Waals surface area contributed by atoms with Gasteiger partial charge in [-0.25, -0.2) is 0 Å². The van der Waals surface area contributed by atoms with Crippen molar-refractivity contribution in [2.45, 2.75) is 0 Å². The molecular weight excluding hydrogens is 349 g/mol. The van der Waals surface area contributed by atoms with Crippen LogP contribution in [0.2, 0.25) is 0 Å². The van der Waals surface area contributed by atoms with Gasteiger partial charge in [0.2, 0.25) is 0 Å². The van der Waals surface area contributed by atoms with Crippen LogP contribution in [0, 0.1) is 0 Å². The average molecular weight is 355 g/mol. The Kier molecular flexibility index (Phi) is 11.4. The van der Waals surface area contributed by atoms with E-state index in [9.17, 15) is 4.79 Å². The minimum atomic E-state index is -0.0186. The molecule has 0 aliphatic heterocycles. The SMILES string of the molecule is O=[C-]NCCO.[Rf]. The molecule has 1 amide bonds. The number of hydrogen-bond acceptors (Lipinski definition) is 2. The Labute approximate surface area is 36.0 Å². The molecule has 0 saturated carbocycles. The molecule has 0 radical (unpaired) electrons. The van der Waals surface area contributed by atoms with Gasteiger partial charge in [-0.15, -0.1) is 0 Å². The maximum absolute atomic E-state index is 9.22. The van der Waals surface area contributed by atoms with E-state index in [4.69, 9.17) is 5.11 Å². The first-order chi connectivity index (χ1) is 2.91. The molecule has 0 spiro atoms. The van der Waals surface area contributed by atoms with Crippen molar-refractivity contribution in [3.05, 3.63) is 0 Å². The van der Waals surface area contributed by atoms with E-state index in [0.717, 1.165) is 0 Å². The fraction of sp³-hybridized carbons (Fsp3) is 0.667. The van der Waals surface area contributed by atoms with Gasteiger partial charge in [0.05, 0.1) is 6.61 Å². The molecule has 0 unspecified atom stereocenters. The third-order valence-electron chi connectivity index (χ3n) is 0.309. The summed E-state index contributed by atoms with van der Waals surface area (Å²) in [5.74, 6) is 0. The van der Waals surface area contributed by atoms with E-state index in [1.54, 1.807) is 0 Å². The van der Waals surface area contributed by atoms with Crippen molar-refractivity contribution >= 4 is 6.41 Å². The van der Waals surface area contributed by atoms with Crippen LogP contribution in [0.1, 0.15) is 0 Å². The van der Waals surface area contributed by atoms with Gasteiger partial charge in [-0.3, -0.25) is 0 Å². The number of aliphatic hydroxyl groups is 1. The third-order valence-corrected chi connectivity index (χ3v) is 0.309. The number of carbonyl (C=O) groups excluding carboxylic acids is 1. The van der Waals surface area contributed by atoms with Crippen LogP contribution in [0.4, 0.5) is 0 Å². The Hall–Kier alpha value is -1.57. The molecule has 38 valence electrons. The molecule has 0 saturated heterocycles. The van der Waals surface area contributed by atoms with Crippen molar-refractivity contribution in [2.24, 2.45) is 0 Å². The predicted molar refractivity (Wildman–Crippen MR) is 20.8 cm³/mol. The predicted octanol–water partition coefficient (Wildman–Crippen LogP) is -1.36. The normalized spacial score (nSPS) is 6.43. The van der Waals surface area contributed by atoms with Gasteiger partial charge in [-0.1, -0.05) is 0 Å². The Morgan fingerprint density at radius 1 is 1.71 bits per heavy atom. The molecule has 0 rings (SSSR count). The van der Waals surface area contributed by atoms with Gasteiger partial charge in [0.1, 0.15) is 0 Å². The van der Waals surface area contributed by atoms with E-state index >= 15 is 0 Å². The number of hydrogen-bond donors (Lipinski definition) is 2. The smallest absolute Gasteiger partial charge is 0.0579 e. The maximum atomic E-state index is 9.22. The van der Waals surface area contributed by atoms with E-state index < -0.39 is 0 Å². The van der Waals surface area contributed by atoms with Crippen molar-refractivity contribution in [3.63, 3.8) is 0 Å². The van der Waals surface area contributed by atoms with Crippen molar-refractivity contribution < 1.29 is 9.90 Å². The fourth-order valence-electron chi connectivity index (χ4n) is 0.107. The zero-order valence-electron chi connectivity index (χ0n) is 3.98. The molecule has 7 heavy (non-hydrogen) atoms. The molecule has 4 heteroatoms. The van der Waals surface area contributed by atoms with Crippen LogP contribution in [0.15, 0.2) is 0 Å². The van der Waals surface area contributed by atoms with Crippen molar-refractivity contribution in [2.75, 3.05) is 13.2 Å². The summed E-state index contributed by atoms with van der Waals surface area (Å²) in [4.78, 5) is 9.22. The summed E-state index contributed by atoms with van der Waals surface area (Å²) in [5, 5.41) is 10.1. The second-order valence-corrected chi connectivity index (χ2v) is 0.752. The second kappa shape index (κ2) is 8.83. The van der Waals surface area contributed by atoms with E-state index in [0.29, 0.717) is 6.54 Å². The van der Waals surface area contributed by atoms with Gasteiger partial charge in [0.25, 0.3) is 0 Å². The molecule has 2 N–H and O–H groups in total. The zero-order valence-corrected chi connectivity index (χ0v) is 10.4. The second-order valence-electron chi connectivity index (χ2n) is 0.752. The Balaban J connectivity index is 0. The molecule has 0 heterocycles. The molecule has 0 fully saturated rings. The average Bonchev–Trinajstić information content (AvgIpc) is 1.61. The van der Waals surface area contributed by atoms with E-state index in [-0.39, 0.29) is 6.61 Å². The minimum Gasteiger partial charge on any atom is -0.528 e. The largest absolute Gasteiger partial charge is 0.528 e. The molecular formula is C3H6NO2Rf-. The first kappa shape index (κ1) is 9.06. The summed E-state index contributed by atoms with van der Waals surface area (Å²) in [6.07, 6.45) is 1.41. The van der Waals surface area contributed by atoms with Crippen LogP contribution in [0.3, 0.4) is 0 Å². The third kappa shape index (κ3) is 12.8. The van der Waals surface area contributed by atoms with E-state index in [1.165, 1.54) is 6.41 Å². The topological polar surface area (TPSA) is 49.3 Å². The molecule has 0 bridgehead atoms. The summed E-state index contributed by atoms with van der Waals surface area (Å²) in [5.41, 5.74) is 0. The number of aliphatic hydroxyl groups excluding tert-OH is 1. The summed E-state index contributed by atoms with van der Waals surface area (Å²) >= 11 is 0. The standard InChI is InChI=1S/C3H6NO2.Rf/c5-2-1-4-3-6;/h5H,1-2H2,(H,4,6);/q-1;.